The number of nitrogens with one attached hydrogen (secondary N) is 1. The molecule has 1 heterocycles. The molecule has 2 N–H and O–H groups in total. The van der Waals surface area contributed by atoms with Crippen LogP contribution in [0.15, 0.2) is 24.3 Å². The van der Waals surface area contributed by atoms with Crippen LogP contribution in [0.25, 0.3) is 0 Å². The molecule has 0 spiro atoms. The van der Waals surface area contributed by atoms with Crippen LogP contribution in [0.1, 0.15) is 30.4 Å². The quantitative estimate of drug-likeness (QED) is 0.898. The van der Waals surface area contributed by atoms with Crippen LogP contribution in [-0.4, -0.2) is 23.2 Å². The Kier molecular flexibility index (Phi) is 4.32. The molecule has 0 aliphatic carbocycles. The molecule has 110 valence electrons. The fraction of sp³-hybridized carbons (Fsp3) is 0.500. The first-order valence-electron chi connectivity index (χ1n) is 6.51. The topological polar surface area (TPSA) is 49.3 Å². The smallest absolute Gasteiger partial charge is 0.416 e. The summed E-state index contributed by atoms with van der Waals surface area (Å²) in [4.78, 5) is 10.9. The largest absolute Gasteiger partial charge is 0.480 e. The number of carboxylic acids is 1. The Morgan fingerprint density at radius 2 is 2.10 bits per heavy atom. The lowest BCUT2D eigenvalue weighted by Crippen LogP contribution is -2.47. The van der Waals surface area contributed by atoms with Crippen molar-refractivity contribution in [2.75, 3.05) is 0 Å². The Morgan fingerprint density at radius 3 is 2.75 bits per heavy atom. The maximum absolute atomic E-state index is 12.6. The average molecular weight is 287 g/mol. The summed E-state index contributed by atoms with van der Waals surface area (Å²) >= 11 is 0. The van der Waals surface area contributed by atoms with Crippen LogP contribution in [0, 0.1) is 0 Å². The van der Waals surface area contributed by atoms with Crippen LogP contribution in [0.4, 0.5) is 13.2 Å². The summed E-state index contributed by atoms with van der Waals surface area (Å²) in [6.45, 7) is 0. The summed E-state index contributed by atoms with van der Waals surface area (Å²) in [5, 5.41) is 11.9. The second-order valence-corrected chi connectivity index (χ2v) is 5.09. The van der Waals surface area contributed by atoms with Gasteiger partial charge in [-0.2, -0.15) is 13.2 Å². The van der Waals surface area contributed by atoms with Crippen LogP contribution >= 0.6 is 0 Å². The van der Waals surface area contributed by atoms with Crippen LogP contribution < -0.4 is 5.32 Å². The van der Waals surface area contributed by atoms with Gasteiger partial charge in [-0.3, -0.25) is 4.79 Å². The molecule has 1 fully saturated rings. The van der Waals surface area contributed by atoms with E-state index in [0.717, 1.165) is 25.0 Å². The van der Waals surface area contributed by atoms with E-state index in [1.165, 1.54) is 6.07 Å². The number of carboxylic acid groups (broad SMARTS) is 1. The van der Waals surface area contributed by atoms with Gasteiger partial charge in [-0.15, -0.1) is 0 Å². The minimum absolute atomic E-state index is 0.0895. The molecule has 20 heavy (non-hydrogen) atoms. The number of piperidine rings is 1. The van der Waals surface area contributed by atoms with Gasteiger partial charge in [-0.1, -0.05) is 18.2 Å². The third kappa shape index (κ3) is 3.72. The maximum Gasteiger partial charge on any atom is 0.416 e. The van der Waals surface area contributed by atoms with Gasteiger partial charge in [0.15, 0.2) is 0 Å². The van der Waals surface area contributed by atoms with Crippen molar-refractivity contribution in [3.05, 3.63) is 35.4 Å². The SMILES string of the molecule is O=C(O)C1CCCC(Cc2cccc(C(F)(F)F)c2)N1. The van der Waals surface area contributed by atoms with Crippen molar-refractivity contribution in [3.63, 3.8) is 0 Å². The zero-order valence-electron chi connectivity index (χ0n) is 10.8. The van der Waals surface area contributed by atoms with E-state index >= 15 is 0 Å². The zero-order valence-corrected chi connectivity index (χ0v) is 10.8. The highest BCUT2D eigenvalue weighted by Crippen LogP contribution is 2.30. The van der Waals surface area contributed by atoms with E-state index in [1.807, 2.05) is 0 Å². The van der Waals surface area contributed by atoms with Crippen molar-refractivity contribution in [1.82, 2.24) is 5.32 Å². The molecular formula is C14H16F3NO2. The average Bonchev–Trinajstić information content (AvgIpc) is 2.38. The Labute approximate surface area is 114 Å². The van der Waals surface area contributed by atoms with Gasteiger partial charge in [0.25, 0.3) is 0 Å². The van der Waals surface area contributed by atoms with Gasteiger partial charge in [-0.25, -0.2) is 0 Å². The molecule has 1 aliphatic rings. The van der Waals surface area contributed by atoms with Crippen molar-refractivity contribution < 1.29 is 23.1 Å². The monoisotopic (exact) mass is 287 g/mol. The molecule has 6 heteroatoms. The number of carbonyl (C=O) groups is 1. The van der Waals surface area contributed by atoms with E-state index < -0.39 is 23.8 Å². The van der Waals surface area contributed by atoms with Crippen LogP contribution in [0.5, 0.6) is 0 Å². The normalized spacial score (nSPS) is 23.6. The van der Waals surface area contributed by atoms with E-state index in [-0.39, 0.29) is 6.04 Å². The molecule has 1 saturated heterocycles. The first kappa shape index (κ1) is 14.8. The van der Waals surface area contributed by atoms with Crippen molar-refractivity contribution in [2.24, 2.45) is 0 Å². The lowest BCUT2D eigenvalue weighted by atomic mass is 9.93. The molecule has 3 nitrogen and oxygen atoms in total. The molecule has 2 rings (SSSR count). The Balaban J connectivity index is 2.04. The van der Waals surface area contributed by atoms with Crippen LogP contribution in [0.2, 0.25) is 0 Å². The van der Waals surface area contributed by atoms with E-state index in [4.69, 9.17) is 5.11 Å². The van der Waals surface area contributed by atoms with Crippen molar-refractivity contribution in [1.29, 1.82) is 0 Å². The number of alkyl halides is 3. The summed E-state index contributed by atoms with van der Waals surface area (Å²) in [5.74, 6) is -0.904. The highest BCUT2D eigenvalue weighted by atomic mass is 19.4. The summed E-state index contributed by atoms with van der Waals surface area (Å²) in [7, 11) is 0. The highest BCUT2D eigenvalue weighted by Gasteiger charge is 2.31. The third-order valence-corrected chi connectivity index (χ3v) is 3.52. The number of rotatable bonds is 3. The van der Waals surface area contributed by atoms with Crippen LogP contribution in [-0.2, 0) is 17.4 Å². The Hall–Kier alpha value is -1.56. The number of hydrogen-bond acceptors (Lipinski definition) is 2. The standard InChI is InChI=1S/C14H16F3NO2/c15-14(16,17)10-4-1-3-9(7-10)8-11-5-2-6-12(18-11)13(19)20/h1,3-4,7,11-12,18H,2,5-6,8H2,(H,19,20). The molecule has 2 unspecified atom stereocenters. The second-order valence-electron chi connectivity index (χ2n) is 5.09. The summed E-state index contributed by atoms with van der Waals surface area (Å²) in [6, 6.07) is 4.51. The minimum atomic E-state index is -4.35. The molecule has 0 saturated carbocycles. The first-order valence-corrected chi connectivity index (χ1v) is 6.51. The van der Waals surface area contributed by atoms with Gasteiger partial charge in [0, 0.05) is 6.04 Å². The van der Waals surface area contributed by atoms with E-state index in [1.54, 1.807) is 6.07 Å². The third-order valence-electron chi connectivity index (χ3n) is 3.52. The lowest BCUT2D eigenvalue weighted by molar-refractivity contribution is -0.140. The molecule has 0 radical (unpaired) electrons. The summed E-state index contributed by atoms with van der Waals surface area (Å²) in [5.41, 5.74) is -0.0936. The van der Waals surface area contributed by atoms with E-state index in [0.29, 0.717) is 18.4 Å². The molecule has 1 aromatic rings. The van der Waals surface area contributed by atoms with Gasteiger partial charge in [0.2, 0.25) is 0 Å². The molecular weight excluding hydrogens is 271 g/mol. The number of halogens is 3. The Morgan fingerprint density at radius 1 is 1.35 bits per heavy atom. The maximum atomic E-state index is 12.6. The number of hydrogen-bond donors (Lipinski definition) is 2. The zero-order chi connectivity index (χ0) is 14.8. The molecule has 0 bridgehead atoms. The summed E-state index contributed by atoms with van der Waals surface area (Å²) in [6.07, 6.45) is -1.82. The summed E-state index contributed by atoms with van der Waals surface area (Å²) < 4.78 is 37.9. The highest BCUT2D eigenvalue weighted by molar-refractivity contribution is 5.73. The fourth-order valence-electron chi connectivity index (χ4n) is 2.53. The van der Waals surface area contributed by atoms with E-state index in [2.05, 4.69) is 5.32 Å². The van der Waals surface area contributed by atoms with Gasteiger partial charge < -0.3 is 10.4 Å². The molecule has 2 atom stereocenters. The predicted octanol–water partition coefficient (Wildman–Crippen LogP) is 2.84. The lowest BCUT2D eigenvalue weighted by Gasteiger charge is -2.28. The van der Waals surface area contributed by atoms with Crippen molar-refractivity contribution in [2.45, 2.75) is 43.9 Å². The van der Waals surface area contributed by atoms with Crippen molar-refractivity contribution >= 4 is 5.97 Å². The van der Waals surface area contributed by atoms with Gasteiger partial charge in [0.05, 0.1) is 5.56 Å². The predicted molar refractivity (Wildman–Crippen MR) is 67.3 cm³/mol. The van der Waals surface area contributed by atoms with E-state index in [9.17, 15) is 18.0 Å². The fourth-order valence-corrected chi connectivity index (χ4v) is 2.53. The number of aliphatic carboxylic acids is 1. The second kappa shape index (κ2) is 5.83. The van der Waals surface area contributed by atoms with Crippen LogP contribution in [0.3, 0.4) is 0 Å². The Bertz CT molecular complexity index is 488. The number of benzene rings is 1. The molecule has 1 aliphatic heterocycles. The van der Waals surface area contributed by atoms with Gasteiger partial charge in [-0.05, 0) is 37.3 Å². The first-order chi connectivity index (χ1) is 9.36. The van der Waals surface area contributed by atoms with Gasteiger partial charge >= 0.3 is 12.1 Å². The molecule has 0 aromatic heterocycles. The van der Waals surface area contributed by atoms with Crippen molar-refractivity contribution in [3.8, 4) is 0 Å². The van der Waals surface area contributed by atoms with Gasteiger partial charge in [0.1, 0.15) is 6.04 Å². The molecule has 1 aromatic carbocycles. The molecule has 0 amide bonds. The minimum Gasteiger partial charge on any atom is -0.480 e.